The van der Waals surface area contributed by atoms with Gasteiger partial charge < -0.3 is 5.11 Å². The number of hydrogen-bond donors (Lipinski definition) is 1. The third kappa shape index (κ3) is 2.97. The van der Waals surface area contributed by atoms with Crippen molar-refractivity contribution in [1.29, 1.82) is 0 Å². The van der Waals surface area contributed by atoms with Gasteiger partial charge in [-0.3, -0.25) is 19.5 Å². The molecule has 1 aliphatic heterocycles. The van der Waals surface area contributed by atoms with E-state index in [9.17, 15) is 14.7 Å². The minimum absolute atomic E-state index is 0.0731. The molecule has 1 fully saturated rings. The first-order valence-corrected chi connectivity index (χ1v) is 8.91. The van der Waals surface area contributed by atoms with E-state index in [1.54, 1.807) is 30.5 Å². The molecule has 1 amide bonds. The molecule has 1 aliphatic rings. The molecule has 1 unspecified atom stereocenters. The number of aryl methyl sites for hydroxylation is 1. The van der Waals surface area contributed by atoms with Crippen molar-refractivity contribution in [2.45, 2.75) is 13.0 Å². The quantitative estimate of drug-likeness (QED) is 0.429. The van der Waals surface area contributed by atoms with E-state index >= 15 is 0 Å². The van der Waals surface area contributed by atoms with Gasteiger partial charge in [0.15, 0.2) is 0 Å². The summed E-state index contributed by atoms with van der Waals surface area (Å²) in [6.45, 7) is 1.94. The maximum Gasteiger partial charge on any atom is 0.300 e. The van der Waals surface area contributed by atoms with Gasteiger partial charge in [-0.15, -0.1) is 0 Å². The summed E-state index contributed by atoms with van der Waals surface area (Å²) in [7, 11) is 0. The minimum Gasteiger partial charge on any atom is -0.507 e. The molecule has 1 aromatic heterocycles. The van der Waals surface area contributed by atoms with Crippen LogP contribution in [-0.4, -0.2) is 21.8 Å². The molecule has 3 aromatic rings. The number of pyridine rings is 1. The van der Waals surface area contributed by atoms with Gasteiger partial charge >= 0.3 is 0 Å². The van der Waals surface area contributed by atoms with E-state index in [0.29, 0.717) is 11.3 Å². The van der Waals surface area contributed by atoms with Crippen LogP contribution in [0.15, 0.2) is 84.7 Å². The Hall–Kier alpha value is -3.73. The molecule has 0 radical (unpaired) electrons. The zero-order chi connectivity index (χ0) is 19.7. The van der Waals surface area contributed by atoms with E-state index in [0.717, 1.165) is 11.1 Å². The number of carbonyl (C=O) groups is 2. The number of rotatable bonds is 3. The molecule has 0 bridgehead atoms. The summed E-state index contributed by atoms with van der Waals surface area (Å²) in [6.07, 6.45) is 3.14. The fourth-order valence-electron chi connectivity index (χ4n) is 3.41. The first kappa shape index (κ1) is 17.7. The van der Waals surface area contributed by atoms with Crippen LogP contribution in [-0.2, 0) is 9.59 Å². The van der Waals surface area contributed by atoms with Crippen LogP contribution in [0.4, 0.5) is 5.69 Å². The standard InChI is InChI=1S/C23H18N2O3/c1-15-9-11-17(12-10-15)21(26)19-20(16-6-3-2-4-7-16)25(23(28)22(19)27)18-8-5-13-24-14-18/h2-14,20,26H,1H3. The maximum absolute atomic E-state index is 12.9. The van der Waals surface area contributed by atoms with Crippen LogP contribution >= 0.6 is 0 Å². The van der Waals surface area contributed by atoms with Crippen molar-refractivity contribution in [3.8, 4) is 0 Å². The number of Topliss-reactive ketones (excluding diaryl/α,β-unsaturated/α-hetero) is 1. The van der Waals surface area contributed by atoms with Gasteiger partial charge in [-0.2, -0.15) is 0 Å². The summed E-state index contributed by atoms with van der Waals surface area (Å²) < 4.78 is 0. The van der Waals surface area contributed by atoms with E-state index in [2.05, 4.69) is 4.98 Å². The zero-order valence-corrected chi connectivity index (χ0v) is 15.2. The second-order valence-corrected chi connectivity index (χ2v) is 6.66. The maximum atomic E-state index is 12.9. The highest BCUT2D eigenvalue weighted by atomic mass is 16.3. The highest BCUT2D eigenvalue weighted by molar-refractivity contribution is 6.51. The van der Waals surface area contributed by atoms with Crippen LogP contribution in [0.1, 0.15) is 22.7 Å². The average molecular weight is 370 g/mol. The Morgan fingerprint density at radius 3 is 2.32 bits per heavy atom. The minimum atomic E-state index is -0.730. The van der Waals surface area contributed by atoms with E-state index < -0.39 is 17.7 Å². The third-order valence-electron chi connectivity index (χ3n) is 4.81. The normalized spacial score (nSPS) is 18.5. The fraction of sp³-hybridized carbons (Fsp3) is 0.0870. The van der Waals surface area contributed by atoms with Gasteiger partial charge in [-0.25, -0.2) is 0 Å². The molecule has 0 spiro atoms. The van der Waals surface area contributed by atoms with E-state index in [4.69, 9.17) is 0 Å². The van der Waals surface area contributed by atoms with Gasteiger partial charge in [0.2, 0.25) is 0 Å². The summed E-state index contributed by atoms with van der Waals surface area (Å²) in [5.41, 5.74) is 2.84. The SMILES string of the molecule is Cc1ccc(C(O)=C2C(=O)C(=O)N(c3cccnc3)C2c2ccccc2)cc1. The van der Waals surface area contributed by atoms with E-state index in [1.807, 2.05) is 49.4 Å². The summed E-state index contributed by atoms with van der Waals surface area (Å²) in [6, 6.07) is 19.1. The third-order valence-corrected chi connectivity index (χ3v) is 4.81. The van der Waals surface area contributed by atoms with Crippen LogP contribution in [0.2, 0.25) is 0 Å². The lowest BCUT2D eigenvalue weighted by molar-refractivity contribution is -0.132. The summed E-state index contributed by atoms with van der Waals surface area (Å²) in [5, 5.41) is 11.0. The number of nitrogens with zero attached hydrogens (tertiary/aromatic N) is 2. The highest BCUT2D eigenvalue weighted by Crippen LogP contribution is 2.41. The van der Waals surface area contributed by atoms with Gasteiger partial charge in [-0.05, 0) is 24.6 Å². The molecule has 0 aliphatic carbocycles. The largest absolute Gasteiger partial charge is 0.507 e. The van der Waals surface area contributed by atoms with Gasteiger partial charge in [0.05, 0.1) is 23.5 Å². The van der Waals surface area contributed by atoms with Crippen LogP contribution in [0.5, 0.6) is 0 Å². The Bertz CT molecular complexity index is 1060. The average Bonchev–Trinajstić information content (AvgIpc) is 3.00. The molecular weight excluding hydrogens is 352 g/mol. The molecule has 2 heterocycles. The summed E-state index contributed by atoms with van der Waals surface area (Å²) in [4.78, 5) is 31.3. The molecule has 1 N–H and O–H groups in total. The Balaban J connectivity index is 1.94. The lowest BCUT2D eigenvalue weighted by atomic mass is 9.95. The number of carbonyl (C=O) groups excluding carboxylic acids is 2. The molecule has 28 heavy (non-hydrogen) atoms. The topological polar surface area (TPSA) is 70.5 Å². The second kappa shape index (κ2) is 7.12. The van der Waals surface area contributed by atoms with Crippen molar-refractivity contribution in [1.82, 2.24) is 4.98 Å². The van der Waals surface area contributed by atoms with Crippen molar-refractivity contribution < 1.29 is 14.7 Å². The number of hydrogen-bond acceptors (Lipinski definition) is 4. The second-order valence-electron chi connectivity index (χ2n) is 6.66. The predicted molar refractivity (Wildman–Crippen MR) is 107 cm³/mol. The number of anilines is 1. The number of ketones is 1. The van der Waals surface area contributed by atoms with Crippen molar-refractivity contribution in [3.05, 3.63) is 101 Å². The van der Waals surface area contributed by atoms with E-state index in [1.165, 1.54) is 11.1 Å². The van der Waals surface area contributed by atoms with Gasteiger partial charge in [-0.1, -0.05) is 60.2 Å². The molecular formula is C23H18N2O3. The lowest BCUT2D eigenvalue weighted by Crippen LogP contribution is -2.29. The Kier molecular flexibility index (Phi) is 4.49. The fourth-order valence-corrected chi connectivity index (χ4v) is 3.41. The molecule has 5 heteroatoms. The van der Waals surface area contributed by atoms with Gasteiger partial charge in [0, 0.05) is 11.8 Å². The number of amides is 1. The molecule has 5 nitrogen and oxygen atoms in total. The first-order chi connectivity index (χ1) is 13.6. The molecule has 0 saturated carbocycles. The first-order valence-electron chi connectivity index (χ1n) is 8.91. The predicted octanol–water partition coefficient (Wildman–Crippen LogP) is 4.02. The van der Waals surface area contributed by atoms with Crippen molar-refractivity contribution in [3.63, 3.8) is 0 Å². The Morgan fingerprint density at radius 2 is 1.68 bits per heavy atom. The van der Waals surface area contributed by atoms with Crippen molar-refractivity contribution in [2.75, 3.05) is 4.90 Å². The summed E-state index contributed by atoms with van der Waals surface area (Å²) in [5.74, 6) is -1.58. The van der Waals surface area contributed by atoms with Gasteiger partial charge in [0.25, 0.3) is 11.7 Å². The van der Waals surface area contributed by atoms with Crippen LogP contribution in [0, 0.1) is 6.92 Å². The smallest absolute Gasteiger partial charge is 0.300 e. The molecule has 138 valence electrons. The molecule has 1 saturated heterocycles. The number of aromatic nitrogens is 1. The highest BCUT2D eigenvalue weighted by Gasteiger charge is 2.46. The molecule has 1 atom stereocenters. The Labute approximate surface area is 162 Å². The Morgan fingerprint density at radius 1 is 0.964 bits per heavy atom. The van der Waals surface area contributed by atoms with Crippen molar-refractivity contribution >= 4 is 23.1 Å². The van der Waals surface area contributed by atoms with Gasteiger partial charge in [0.1, 0.15) is 5.76 Å². The summed E-state index contributed by atoms with van der Waals surface area (Å²) >= 11 is 0. The van der Waals surface area contributed by atoms with Crippen LogP contribution in [0.3, 0.4) is 0 Å². The van der Waals surface area contributed by atoms with Crippen LogP contribution < -0.4 is 4.90 Å². The van der Waals surface area contributed by atoms with Crippen LogP contribution in [0.25, 0.3) is 5.76 Å². The lowest BCUT2D eigenvalue weighted by Gasteiger charge is -2.25. The number of benzene rings is 2. The number of aliphatic hydroxyl groups excluding tert-OH is 1. The molecule has 2 aromatic carbocycles. The van der Waals surface area contributed by atoms with Crippen molar-refractivity contribution in [2.24, 2.45) is 0 Å². The zero-order valence-electron chi connectivity index (χ0n) is 15.2. The molecule has 4 rings (SSSR count). The number of aliphatic hydroxyl groups is 1. The van der Waals surface area contributed by atoms with E-state index in [-0.39, 0.29) is 11.3 Å². The monoisotopic (exact) mass is 370 g/mol.